The van der Waals surface area contributed by atoms with Crippen LogP contribution >= 0.6 is 0 Å². The van der Waals surface area contributed by atoms with Crippen molar-refractivity contribution in [2.75, 3.05) is 29.9 Å². The molecule has 35 heavy (non-hydrogen) atoms. The second-order valence-electron chi connectivity index (χ2n) is 8.77. The van der Waals surface area contributed by atoms with Crippen LogP contribution in [-0.2, 0) is 24.3 Å². The zero-order valence-corrected chi connectivity index (χ0v) is 21.4. The normalized spacial score (nSPS) is 17.0. The molecule has 0 aliphatic carbocycles. The van der Waals surface area contributed by atoms with Crippen LogP contribution in [0.3, 0.4) is 0 Å². The van der Waals surface area contributed by atoms with E-state index in [0.717, 1.165) is 12.0 Å². The van der Waals surface area contributed by atoms with Gasteiger partial charge in [-0.3, -0.25) is 9.59 Å². The molecule has 1 fully saturated rings. The summed E-state index contributed by atoms with van der Waals surface area (Å²) in [6, 6.07) is 13.8. The second-order valence-corrected chi connectivity index (χ2v) is 10.5. The lowest BCUT2D eigenvalue weighted by Crippen LogP contribution is -2.40. The van der Waals surface area contributed by atoms with Crippen LogP contribution in [0.2, 0.25) is 0 Å². The number of hydrogen-bond donors (Lipinski definition) is 2. The summed E-state index contributed by atoms with van der Waals surface area (Å²) in [4.78, 5) is 26.5. The van der Waals surface area contributed by atoms with E-state index in [2.05, 4.69) is 10.0 Å². The Bertz CT molecular complexity index is 1120. The van der Waals surface area contributed by atoms with Gasteiger partial charge in [-0.2, -0.15) is 0 Å². The van der Waals surface area contributed by atoms with E-state index in [1.165, 1.54) is 6.07 Å². The molecule has 2 N–H and O–H groups in total. The molecule has 9 heteroatoms. The molecule has 190 valence electrons. The predicted molar refractivity (Wildman–Crippen MR) is 137 cm³/mol. The summed E-state index contributed by atoms with van der Waals surface area (Å²) in [5.41, 5.74) is 1.75. The summed E-state index contributed by atoms with van der Waals surface area (Å²) in [7, 11) is -3.97. The van der Waals surface area contributed by atoms with Crippen LogP contribution in [0, 0.1) is 5.92 Å². The summed E-state index contributed by atoms with van der Waals surface area (Å²) < 4.78 is 35.2. The number of rotatable bonds is 10. The quantitative estimate of drug-likeness (QED) is 0.472. The maximum absolute atomic E-state index is 13.6. The Labute approximate surface area is 208 Å². The van der Waals surface area contributed by atoms with Gasteiger partial charge < -0.3 is 15.0 Å². The van der Waals surface area contributed by atoms with E-state index in [9.17, 15) is 18.0 Å². The van der Waals surface area contributed by atoms with E-state index in [1.54, 1.807) is 26.0 Å². The van der Waals surface area contributed by atoms with Crippen molar-refractivity contribution in [2.45, 2.75) is 57.4 Å². The Balaban J connectivity index is 1.95. The summed E-state index contributed by atoms with van der Waals surface area (Å²) in [5.74, 6) is -0.755. The SMILES string of the molecule is CCCC(=O)Nc1ccc(N2CCC[C@H](C(=O)OCC)C2)c(S(=O)(=O)N[C@@H](C)c2ccccc2)c1. The molecule has 0 radical (unpaired) electrons. The van der Waals surface area contributed by atoms with Crippen molar-refractivity contribution in [3.63, 3.8) is 0 Å². The topological polar surface area (TPSA) is 105 Å². The van der Waals surface area contributed by atoms with Gasteiger partial charge in [-0.1, -0.05) is 37.3 Å². The van der Waals surface area contributed by atoms with Crippen molar-refractivity contribution >= 4 is 33.3 Å². The molecule has 1 aliphatic rings. The Kier molecular flexibility index (Phi) is 9.28. The maximum atomic E-state index is 13.6. The van der Waals surface area contributed by atoms with E-state index < -0.39 is 16.1 Å². The van der Waals surface area contributed by atoms with Crippen molar-refractivity contribution in [1.82, 2.24) is 4.72 Å². The number of sulfonamides is 1. The number of esters is 1. The van der Waals surface area contributed by atoms with Gasteiger partial charge in [-0.05, 0) is 56.9 Å². The van der Waals surface area contributed by atoms with Crippen molar-refractivity contribution in [2.24, 2.45) is 5.92 Å². The van der Waals surface area contributed by atoms with E-state index in [4.69, 9.17) is 4.74 Å². The third-order valence-corrected chi connectivity index (χ3v) is 7.59. The van der Waals surface area contributed by atoms with Crippen LogP contribution in [0.5, 0.6) is 0 Å². The minimum atomic E-state index is -3.97. The fourth-order valence-electron chi connectivity index (χ4n) is 4.27. The molecular formula is C26H35N3O5S. The number of nitrogens with zero attached hydrogens (tertiary/aromatic N) is 1. The Hall–Kier alpha value is -2.91. The molecular weight excluding hydrogens is 466 g/mol. The Morgan fingerprint density at radius 3 is 2.57 bits per heavy atom. The minimum Gasteiger partial charge on any atom is -0.466 e. The lowest BCUT2D eigenvalue weighted by atomic mass is 9.97. The third kappa shape index (κ3) is 7.05. The fraction of sp³-hybridized carbons (Fsp3) is 0.462. The van der Waals surface area contributed by atoms with Crippen LogP contribution < -0.4 is 14.9 Å². The first-order chi connectivity index (χ1) is 16.7. The van der Waals surface area contributed by atoms with Crippen molar-refractivity contribution in [3.8, 4) is 0 Å². The summed E-state index contributed by atoms with van der Waals surface area (Å²) >= 11 is 0. The zero-order valence-electron chi connectivity index (χ0n) is 20.6. The first kappa shape index (κ1) is 26.7. The highest BCUT2D eigenvalue weighted by Gasteiger charge is 2.31. The molecule has 0 bridgehead atoms. The Morgan fingerprint density at radius 2 is 1.89 bits per heavy atom. The van der Waals surface area contributed by atoms with Gasteiger partial charge in [0.25, 0.3) is 0 Å². The average Bonchev–Trinajstić information content (AvgIpc) is 2.84. The third-order valence-electron chi connectivity index (χ3n) is 6.02. The van der Waals surface area contributed by atoms with Gasteiger partial charge in [-0.25, -0.2) is 13.1 Å². The van der Waals surface area contributed by atoms with Gasteiger partial charge in [0.1, 0.15) is 4.90 Å². The Morgan fingerprint density at radius 1 is 1.14 bits per heavy atom. The summed E-state index contributed by atoms with van der Waals surface area (Å²) in [5, 5.41) is 2.79. The largest absolute Gasteiger partial charge is 0.466 e. The monoisotopic (exact) mass is 501 g/mol. The highest BCUT2D eigenvalue weighted by molar-refractivity contribution is 7.89. The van der Waals surface area contributed by atoms with Gasteiger partial charge in [0.15, 0.2) is 0 Å². The molecule has 1 amide bonds. The van der Waals surface area contributed by atoms with Crippen molar-refractivity contribution in [3.05, 3.63) is 54.1 Å². The highest BCUT2D eigenvalue weighted by atomic mass is 32.2. The molecule has 0 saturated carbocycles. The standard InChI is InChI=1S/C26H35N3O5S/c1-4-10-25(30)27-22-14-15-23(29-16-9-13-21(18-29)26(31)34-5-2)24(17-22)35(32,33)28-19(3)20-11-7-6-8-12-20/h6-8,11-12,14-15,17,19,21,28H,4-5,9-10,13,16,18H2,1-3H3,(H,27,30)/t19-,21-/m0/s1. The molecule has 0 aromatic heterocycles. The molecule has 1 saturated heterocycles. The smallest absolute Gasteiger partial charge is 0.310 e. The van der Waals surface area contributed by atoms with Crippen LogP contribution in [0.15, 0.2) is 53.4 Å². The van der Waals surface area contributed by atoms with Gasteiger partial charge in [0.2, 0.25) is 15.9 Å². The van der Waals surface area contributed by atoms with Crippen LogP contribution in [-0.4, -0.2) is 40.0 Å². The fourth-order valence-corrected chi connectivity index (χ4v) is 5.76. The van der Waals surface area contributed by atoms with Crippen LogP contribution in [0.4, 0.5) is 11.4 Å². The molecule has 1 heterocycles. The number of benzene rings is 2. The molecule has 2 atom stereocenters. The number of amides is 1. The van der Waals surface area contributed by atoms with Crippen molar-refractivity contribution in [1.29, 1.82) is 0 Å². The van der Waals surface area contributed by atoms with Crippen LogP contribution in [0.1, 0.15) is 58.1 Å². The number of carbonyl (C=O) groups excluding carboxylic acids is 2. The van der Waals surface area contributed by atoms with E-state index in [-0.39, 0.29) is 22.7 Å². The van der Waals surface area contributed by atoms with E-state index in [0.29, 0.717) is 50.3 Å². The van der Waals surface area contributed by atoms with Gasteiger partial charge in [0.05, 0.1) is 18.2 Å². The average molecular weight is 502 g/mol. The molecule has 2 aromatic rings. The second kappa shape index (κ2) is 12.2. The first-order valence-electron chi connectivity index (χ1n) is 12.2. The zero-order chi connectivity index (χ0) is 25.4. The number of anilines is 2. The van der Waals surface area contributed by atoms with Gasteiger partial charge in [-0.15, -0.1) is 0 Å². The van der Waals surface area contributed by atoms with Crippen LogP contribution in [0.25, 0.3) is 0 Å². The minimum absolute atomic E-state index is 0.0686. The number of hydrogen-bond acceptors (Lipinski definition) is 6. The number of carbonyl (C=O) groups is 2. The van der Waals surface area contributed by atoms with E-state index >= 15 is 0 Å². The molecule has 8 nitrogen and oxygen atoms in total. The predicted octanol–water partition coefficient (Wildman–Crippen LogP) is 4.24. The first-order valence-corrected chi connectivity index (χ1v) is 13.7. The lowest BCUT2D eigenvalue weighted by Gasteiger charge is -2.34. The summed E-state index contributed by atoms with van der Waals surface area (Å²) in [6.45, 7) is 6.77. The number of ether oxygens (including phenoxy) is 1. The molecule has 1 aliphatic heterocycles. The molecule has 2 aromatic carbocycles. The maximum Gasteiger partial charge on any atom is 0.310 e. The number of piperidine rings is 1. The number of nitrogens with one attached hydrogen (secondary N) is 2. The highest BCUT2D eigenvalue weighted by Crippen LogP contribution is 2.33. The van der Waals surface area contributed by atoms with Crippen molar-refractivity contribution < 1.29 is 22.7 Å². The van der Waals surface area contributed by atoms with E-state index in [1.807, 2.05) is 42.2 Å². The molecule has 0 unspecified atom stereocenters. The molecule has 0 spiro atoms. The van der Waals surface area contributed by atoms with Gasteiger partial charge in [0, 0.05) is 31.2 Å². The van der Waals surface area contributed by atoms with Gasteiger partial charge >= 0.3 is 5.97 Å². The lowest BCUT2D eigenvalue weighted by molar-refractivity contribution is -0.148. The summed E-state index contributed by atoms with van der Waals surface area (Å²) in [6.07, 6.45) is 2.48. The molecule has 3 rings (SSSR count).